The van der Waals surface area contributed by atoms with Gasteiger partial charge in [0.05, 0.1) is 0 Å². The molecule has 138 valence electrons. The van der Waals surface area contributed by atoms with Crippen molar-refractivity contribution in [2.75, 3.05) is 26.2 Å². The van der Waals surface area contributed by atoms with E-state index in [0.717, 1.165) is 5.39 Å². The molecule has 0 unspecified atom stereocenters. The number of amides is 2. The molecule has 2 heterocycles. The third kappa shape index (κ3) is 3.53. The number of fused-ring (bicyclic) bond motifs is 1. The lowest BCUT2D eigenvalue weighted by Crippen LogP contribution is -2.50. The first-order valence-corrected chi connectivity index (χ1v) is 8.92. The van der Waals surface area contributed by atoms with Crippen molar-refractivity contribution in [2.24, 2.45) is 0 Å². The molecular formula is C20H16ClFN2O3. The topological polar surface area (TPSA) is 53.8 Å². The third-order valence-electron chi connectivity index (χ3n) is 4.61. The van der Waals surface area contributed by atoms with Gasteiger partial charge in [-0.15, -0.1) is 0 Å². The number of furan rings is 1. The van der Waals surface area contributed by atoms with Gasteiger partial charge in [-0.25, -0.2) is 4.39 Å². The molecule has 1 aromatic heterocycles. The lowest BCUT2D eigenvalue weighted by Gasteiger charge is -2.34. The minimum Gasteiger partial charge on any atom is -0.451 e. The molecule has 2 aromatic carbocycles. The summed E-state index contributed by atoms with van der Waals surface area (Å²) in [5.74, 6) is -0.656. The Morgan fingerprint density at radius 3 is 2.33 bits per heavy atom. The van der Waals surface area contributed by atoms with E-state index in [-0.39, 0.29) is 17.6 Å². The molecule has 0 atom stereocenters. The number of hydrogen-bond donors (Lipinski definition) is 0. The molecule has 0 spiro atoms. The van der Waals surface area contributed by atoms with Crippen molar-refractivity contribution in [3.63, 3.8) is 0 Å². The van der Waals surface area contributed by atoms with Crippen molar-refractivity contribution in [3.05, 3.63) is 70.7 Å². The Kier molecular flexibility index (Phi) is 4.58. The van der Waals surface area contributed by atoms with Gasteiger partial charge in [0.2, 0.25) is 0 Å². The summed E-state index contributed by atoms with van der Waals surface area (Å²) >= 11 is 5.96. The first kappa shape index (κ1) is 17.5. The Morgan fingerprint density at radius 2 is 1.63 bits per heavy atom. The van der Waals surface area contributed by atoms with Crippen molar-refractivity contribution in [1.82, 2.24) is 9.80 Å². The molecule has 0 saturated carbocycles. The second kappa shape index (κ2) is 7.04. The average molecular weight is 387 g/mol. The van der Waals surface area contributed by atoms with Crippen LogP contribution in [-0.4, -0.2) is 47.8 Å². The van der Waals surface area contributed by atoms with Crippen LogP contribution >= 0.6 is 11.6 Å². The highest BCUT2D eigenvalue weighted by Crippen LogP contribution is 2.24. The summed E-state index contributed by atoms with van der Waals surface area (Å²) in [6.45, 7) is 1.54. The zero-order valence-electron chi connectivity index (χ0n) is 14.3. The van der Waals surface area contributed by atoms with Gasteiger partial charge < -0.3 is 14.2 Å². The van der Waals surface area contributed by atoms with Crippen molar-refractivity contribution >= 4 is 34.4 Å². The molecule has 3 aromatic rings. The molecular weight excluding hydrogens is 371 g/mol. The van der Waals surface area contributed by atoms with Crippen LogP contribution in [0.1, 0.15) is 20.9 Å². The molecule has 1 fully saturated rings. The van der Waals surface area contributed by atoms with Gasteiger partial charge in [0, 0.05) is 42.2 Å². The van der Waals surface area contributed by atoms with Crippen LogP contribution in [0.15, 0.2) is 52.9 Å². The SMILES string of the molecule is O=C(c1cccc(F)c1)N1CCN(C(=O)c2cc3cc(Cl)ccc3o2)CC1. The maximum atomic E-state index is 13.3. The fraction of sp³-hybridized carbons (Fsp3) is 0.200. The largest absolute Gasteiger partial charge is 0.451 e. The second-order valence-electron chi connectivity index (χ2n) is 6.39. The number of nitrogens with zero attached hydrogens (tertiary/aromatic N) is 2. The maximum absolute atomic E-state index is 13.3. The predicted octanol–water partition coefficient (Wildman–Crippen LogP) is 3.82. The van der Waals surface area contributed by atoms with Crippen LogP contribution in [-0.2, 0) is 0 Å². The van der Waals surface area contributed by atoms with Crippen molar-refractivity contribution in [2.45, 2.75) is 0 Å². The van der Waals surface area contributed by atoms with Gasteiger partial charge in [-0.1, -0.05) is 17.7 Å². The molecule has 1 aliphatic heterocycles. The first-order chi connectivity index (χ1) is 13.0. The van der Waals surface area contributed by atoms with Crippen molar-refractivity contribution < 1.29 is 18.4 Å². The number of halogens is 2. The van der Waals surface area contributed by atoms with Crippen molar-refractivity contribution in [1.29, 1.82) is 0 Å². The Bertz CT molecular complexity index is 1020. The molecule has 0 N–H and O–H groups in total. The second-order valence-corrected chi connectivity index (χ2v) is 6.82. The van der Waals surface area contributed by atoms with Gasteiger partial charge in [0.15, 0.2) is 5.76 Å². The number of carbonyl (C=O) groups excluding carboxylic acids is 2. The predicted molar refractivity (Wildman–Crippen MR) is 99.4 cm³/mol. The first-order valence-electron chi connectivity index (χ1n) is 8.54. The molecule has 2 amide bonds. The minimum absolute atomic E-state index is 0.222. The van der Waals surface area contributed by atoms with Gasteiger partial charge in [0.25, 0.3) is 11.8 Å². The fourth-order valence-electron chi connectivity index (χ4n) is 3.19. The van der Waals surface area contributed by atoms with Gasteiger partial charge in [-0.3, -0.25) is 9.59 Å². The highest BCUT2D eigenvalue weighted by atomic mass is 35.5. The highest BCUT2D eigenvalue weighted by Gasteiger charge is 2.27. The van der Waals surface area contributed by atoms with Gasteiger partial charge in [0.1, 0.15) is 11.4 Å². The van der Waals surface area contributed by atoms with E-state index in [2.05, 4.69) is 0 Å². The van der Waals surface area contributed by atoms with E-state index >= 15 is 0 Å². The summed E-state index contributed by atoms with van der Waals surface area (Å²) in [7, 11) is 0. The van der Waals surface area contributed by atoms with Gasteiger partial charge >= 0.3 is 0 Å². The minimum atomic E-state index is -0.445. The normalized spacial score (nSPS) is 14.6. The summed E-state index contributed by atoms with van der Waals surface area (Å²) in [5, 5.41) is 1.34. The van der Waals surface area contributed by atoms with Crippen LogP contribution in [0.5, 0.6) is 0 Å². The fourth-order valence-corrected chi connectivity index (χ4v) is 3.37. The summed E-state index contributed by atoms with van der Waals surface area (Å²) < 4.78 is 18.9. The van der Waals surface area contributed by atoms with E-state index < -0.39 is 5.82 Å². The van der Waals surface area contributed by atoms with E-state index in [1.54, 1.807) is 40.1 Å². The van der Waals surface area contributed by atoms with Crippen LogP contribution in [0.4, 0.5) is 4.39 Å². The molecule has 5 nitrogen and oxygen atoms in total. The smallest absolute Gasteiger partial charge is 0.289 e. The molecule has 1 aliphatic rings. The van der Waals surface area contributed by atoms with Crippen molar-refractivity contribution in [3.8, 4) is 0 Å². The summed E-state index contributed by atoms with van der Waals surface area (Å²) in [6.07, 6.45) is 0. The average Bonchev–Trinajstić information content (AvgIpc) is 3.10. The van der Waals surface area contributed by atoms with E-state index in [1.165, 1.54) is 18.2 Å². The highest BCUT2D eigenvalue weighted by molar-refractivity contribution is 6.31. The number of piperazine rings is 1. The molecule has 7 heteroatoms. The summed E-state index contributed by atoms with van der Waals surface area (Å²) in [4.78, 5) is 28.4. The molecule has 4 rings (SSSR count). The van der Waals surface area contributed by atoms with E-state index in [1.807, 2.05) is 0 Å². The Morgan fingerprint density at radius 1 is 0.926 bits per heavy atom. The Hall–Kier alpha value is -2.86. The Labute approximate surface area is 159 Å². The number of benzene rings is 2. The van der Waals surface area contributed by atoms with Crippen LogP contribution in [0.2, 0.25) is 5.02 Å². The molecule has 0 radical (unpaired) electrons. The number of carbonyl (C=O) groups is 2. The zero-order valence-corrected chi connectivity index (χ0v) is 15.1. The molecule has 27 heavy (non-hydrogen) atoms. The Balaban J connectivity index is 1.43. The lowest BCUT2D eigenvalue weighted by atomic mass is 10.1. The van der Waals surface area contributed by atoms with E-state index in [4.69, 9.17) is 16.0 Å². The van der Waals surface area contributed by atoms with Crippen LogP contribution in [0, 0.1) is 5.82 Å². The third-order valence-corrected chi connectivity index (χ3v) is 4.85. The van der Waals surface area contributed by atoms with E-state index in [0.29, 0.717) is 42.3 Å². The van der Waals surface area contributed by atoms with Crippen LogP contribution < -0.4 is 0 Å². The van der Waals surface area contributed by atoms with Gasteiger partial charge in [-0.05, 0) is 42.5 Å². The molecule has 0 aliphatic carbocycles. The number of hydrogen-bond acceptors (Lipinski definition) is 3. The molecule has 1 saturated heterocycles. The van der Waals surface area contributed by atoms with Gasteiger partial charge in [-0.2, -0.15) is 0 Å². The summed E-state index contributed by atoms with van der Waals surface area (Å²) in [5.41, 5.74) is 0.909. The van der Waals surface area contributed by atoms with Crippen LogP contribution in [0.25, 0.3) is 11.0 Å². The number of rotatable bonds is 2. The lowest BCUT2D eigenvalue weighted by molar-refractivity contribution is 0.0519. The monoisotopic (exact) mass is 386 g/mol. The quantitative estimate of drug-likeness (QED) is 0.672. The summed E-state index contributed by atoms with van der Waals surface area (Å²) in [6, 6.07) is 12.5. The van der Waals surface area contributed by atoms with Crippen LogP contribution in [0.3, 0.4) is 0 Å². The maximum Gasteiger partial charge on any atom is 0.289 e. The standard InChI is InChI=1S/C20H16ClFN2O3/c21-15-4-5-17-14(10-15)12-18(27-17)20(26)24-8-6-23(7-9-24)19(25)13-2-1-3-16(22)11-13/h1-5,10-12H,6-9H2. The van der Waals surface area contributed by atoms with E-state index in [9.17, 15) is 14.0 Å². The zero-order chi connectivity index (χ0) is 19.0. The molecule has 0 bridgehead atoms.